The summed E-state index contributed by atoms with van der Waals surface area (Å²) >= 11 is 0. The zero-order valence-electron chi connectivity index (χ0n) is 31.4. The summed E-state index contributed by atoms with van der Waals surface area (Å²) < 4.78 is 55.3. The van der Waals surface area contributed by atoms with Gasteiger partial charge in [-0.25, -0.2) is 9.59 Å². The Balaban J connectivity index is 1.02. The number of hydrogen-bond donors (Lipinski definition) is 0. The topological polar surface area (TPSA) is 126 Å². The molecule has 0 fully saturated rings. The molecule has 0 saturated heterocycles. The lowest BCUT2D eigenvalue weighted by Crippen LogP contribution is -2.12. The Morgan fingerprint density at radius 1 is 0.339 bits per heavy atom. The Morgan fingerprint density at radius 3 is 1.16 bits per heavy atom. The van der Waals surface area contributed by atoms with E-state index >= 15 is 0 Å². The van der Waals surface area contributed by atoms with Gasteiger partial charge in [-0.2, -0.15) is 0 Å². The molecule has 0 N–H and O–H groups in total. The first-order valence-electron chi connectivity index (χ1n) is 17.1. The predicted molar refractivity (Wildman–Crippen MR) is 207 cm³/mol. The van der Waals surface area contributed by atoms with Gasteiger partial charge in [-0.1, -0.05) is 24.3 Å². The largest absolute Gasteiger partial charge is 0.496 e. The first-order chi connectivity index (χ1) is 27.2. The number of ether oxygens (including phenoxy) is 10. The maximum atomic E-state index is 12.9. The van der Waals surface area contributed by atoms with E-state index < -0.39 is 11.9 Å². The van der Waals surface area contributed by atoms with E-state index in [4.69, 9.17) is 47.4 Å². The standard InChI is InChI=1S/C44H38O12/c1-47-36-24-38(49-3)37(48-2)23-35(36)44(46)56-34-17-11-29(12-18-34)43(45)55-33-15-9-28(10-16-33)27-7-13-30(14-8-27)53-31-19-21-32(22-20-31)54-42-26-40(51-5)39(50-4)25-41(42)52-6/h7-26H,1-6H3. The molecule has 0 aromatic heterocycles. The van der Waals surface area contributed by atoms with Gasteiger partial charge in [-0.15, -0.1) is 0 Å². The summed E-state index contributed by atoms with van der Waals surface area (Å²) in [6.45, 7) is 0. The minimum Gasteiger partial charge on any atom is -0.496 e. The summed E-state index contributed by atoms with van der Waals surface area (Å²) in [5.74, 6) is 4.23. The first kappa shape index (κ1) is 38.4. The van der Waals surface area contributed by atoms with Gasteiger partial charge in [0.25, 0.3) is 0 Å². The molecule has 0 bridgehead atoms. The van der Waals surface area contributed by atoms with Crippen LogP contribution in [0.25, 0.3) is 11.1 Å². The van der Waals surface area contributed by atoms with Crippen LogP contribution in [0.4, 0.5) is 0 Å². The number of carbonyl (C=O) groups excluding carboxylic acids is 2. The van der Waals surface area contributed by atoms with E-state index in [9.17, 15) is 9.59 Å². The molecule has 6 aromatic rings. The third kappa shape index (κ3) is 8.88. The fourth-order valence-corrected chi connectivity index (χ4v) is 5.53. The highest BCUT2D eigenvalue weighted by Crippen LogP contribution is 2.42. The molecule has 6 rings (SSSR count). The van der Waals surface area contributed by atoms with Gasteiger partial charge in [0.05, 0.1) is 48.2 Å². The normalized spacial score (nSPS) is 10.5. The molecule has 0 aliphatic heterocycles. The van der Waals surface area contributed by atoms with Crippen molar-refractivity contribution in [2.45, 2.75) is 0 Å². The lowest BCUT2D eigenvalue weighted by atomic mass is 10.1. The van der Waals surface area contributed by atoms with Crippen LogP contribution in [0.3, 0.4) is 0 Å². The Morgan fingerprint density at radius 2 is 0.679 bits per heavy atom. The van der Waals surface area contributed by atoms with Crippen molar-refractivity contribution in [2.75, 3.05) is 42.7 Å². The maximum absolute atomic E-state index is 12.9. The summed E-state index contributed by atoms with van der Waals surface area (Å²) in [6.07, 6.45) is 0. The Hall–Kier alpha value is -7.34. The molecule has 56 heavy (non-hydrogen) atoms. The molecule has 0 radical (unpaired) electrons. The molecule has 0 unspecified atom stereocenters. The lowest BCUT2D eigenvalue weighted by Gasteiger charge is -2.15. The smallest absolute Gasteiger partial charge is 0.347 e. The Kier molecular flexibility index (Phi) is 12.1. The molecular formula is C44H38O12. The summed E-state index contributed by atoms with van der Waals surface area (Å²) in [6, 6.07) is 34.4. The van der Waals surface area contributed by atoms with Gasteiger partial charge >= 0.3 is 11.9 Å². The fraction of sp³-hybridized carbons (Fsp3) is 0.136. The monoisotopic (exact) mass is 758 g/mol. The zero-order chi connectivity index (χ0) is 39.6. The first-order valence-corrected chi connectivity index (χ1v) is 17.1. The van der Waals surface area contributed by atoms with E-state index in [1.54, 1.807) is 69.9 Å². The van der Waals surface area contributed by atoms with Crippen molar-refractivity contribution in [3.63, 3.8) is 0 Å². The van der Waals surface area contributed by atoms with Crippen LogP contribution in [0.15, 0.2) is 121 Å². The average Bonchev–Trinajstić information content (AvgIpc) is 3.24. The van der Waals surface area contributed by atoms with E-state index in [1.807, 2.05) is 36.4 Å². The van der Waals surface area contributed by atoms with Crippen molar-refractivity contribution in [1.82, 2.24) is 0 Å². The molecule has 0 aliphatic rings. The number of methoxy groups -OCH3 is 6. The molecule has 0 spiro atoms. The molecule has 6 aromatic carbocycles. The highest BCUT2D eigenvalue weighted by molar-refractivity contribution is 5.95. The number of benzene rings is 6. The third-order valence-corrected chi connectivity index (χ3v) is 8.44. The van der Waals surface area contributed by atoms with Crippen LogP contribution in [0.2, 0.25) is 0 Å². The number of rotatable bonds is 15. The number of carbonyl (C=O) groups is 2. The highest BCUT2D eigenvalue weighted by Gasteiger charge is 2.20. The summed E-state index contributed by atoms with van der Waals surface area (Å²) in [5, 5.41) is 0. The third-order valence-electron chi connectivity index (χ3n) is 8.44. The van der Waals surface area contributed by atoms with Gasteiger partial charge in [0.2, 0.25) is 0 Å². The van der Waals surface area contributed by atoms with E-state index in [1.165, 1.54) is 57.7 Å². The number of hydrogen-bond acceptors (Lipinski definition) is 12. The van der Waals surface area contributed by atoms with E-state index in [2.05, 4.69) is 0 Å². The number of esters is 2. The van der Waals surface area contributed by atoms with Crippen LogP contribution >= 0.6 is 0 Å². The Bertz CT molecular complexity index is 2280. The molecule has 0 heterocycles. The van der Waals surface area contributed by atoms with Crippen molar-refractivity contribution < 1.29 is 57.0 Å². The average molecular weight is 759 g/mol. The Labute approximate surface area is 323 Å². The van der Waals surface area contributed by atoms with Gasteiger partial charge in [-0.05, 0) is 83.9 Å². The summed E-state index contributed by atoms with van der Waals surface area (Å²) in [7, 11) is 9.03. The van der Waals surface area contributed by atoms with Gasteiger partial charge < -0.3 is 47.4 Å². The van der Waals surface area contributed by atoms with Gasteiger partial charge in [0.15, 0.2) is 34.5 Å². The van der Waals surface area contributed by atoms with Crippen molar-refractivity contribution >= 4 is 11.9 Å². The van der Waals surface area contributed by atoms with Crippen molar-refractivity contribution in [1.29, 1.82) is 0 Å². The van der Waals surface area contributed by atoms with E-state index in [0.717, 1.165) is 11.1 Å². The zero-order valence-corrected chi connectivity index (χ0v) is 31.4. The predicted octanol–water partition coefficient (Wildman–Crippen LogP) is 9.43. The van der Waals surface area contributed by atoms with Crippen molar-refractivity contribution in [3.8, 4) is 80.1 Å². The van der Waals surface area contributed by atoms with Gasteiger partial charge in [0, 0.05) is 24.3 Å². The van der Waals surface area contributed by atoms with Crippen LogP contribution < -0.4 is 47.4 Å². The maximum Gasteiger partial charge on any atom is 0.347 e. The molecule has 286 valence electrons. The van der Waals surface area contributed by atoms with Crippen LogP contribution in [0.5, 0.6) is 69.0 Å². The SMILES string of the molecule is COc1cc(OC)c(Oc2ccc(Oc3ccc(-c4ccc(OC(=O)c5ccc(OC(=O)c6cc(OC)c(OC)cc6OC)cc5)cc4)cc3)cc2)cc1OC. The molecular weight excluding hydrogens is 720 g/mol. The quantitative estimate of drug-likeness (QED) is 0.0731. The summed E-state index contributed by atoms with van der Waals surface area (Å²) in [5.41, 5.74) is 2.28. The van der Waals surface area contributed by atoms with Crippen molar-refractivity contribution in [3.05, 3.63) is 132 Å². The van der Waals surface area contributed by atoms with E-state index in [0.29, 0.717) is 57.5 Å². The molecule has 0 amide bonds. The minimum absolute atomic E-state index is 0.143. The van der Waals surface area contributed by atoms with Crippen LogP contribution in [-0.4, -0.2) is 54.6 Å². The molecule has 12 nitrogen and oxygen atoms in total. The van der Waals surface area contributed by atoms with Gasteiger partial charge in [0.1, 0.15) is 40.1 Å². The van der Waals surface area contributed by atoms with Gasteiger partial charge in [-0.3, -0.25) is 0 Å². The molecule has 0 atom stereocenters. The minimum atomic E-state index is -0.674. The molecule has 0 aliphatic carbocycles. The second kappa shape index (κ2) is 17.7. The van der Waals surface area contributed by atoms with Crippen LogP contribution in [0.1, 0.15) is 20.7 Å². The molecule has 12 heteroatoms. The molecule has 0 saturated carbocycles. The van der Waals surface area contributed by atoms with E-state index in [-0.39, 0.29) is 22.6 Å². The second-order valence-electron chi connectivity index (χ2n) is 11.8. The highest BCUT2D eigenvalue weighted by atomic mass is 16.5. The fourth-order valence-electron chi connectivity index (χ4n) is 5.53. The van der Waals surface area contributed by atoms with Crippen molar-refractivity contribution in [2.24, 2.45) is 0 Å². The second-order valence-corrected chi connectivity index (χ2v) is 11.8. The summed E-state index contributed by atoms with van der Waals surface area (Å²) in [4.78, 5) is 25.8. The van der Waals surface area contributed by atoms with Crippen LogP contribution in [-0.2, 0) is 0 Å². The lowest BCUT2D eigenvalue weighted by molar-refractivity contribution is 0.0727. The van der Waals surface area contributed by atoms with Crippen LogP contribution in [0, 0.1) is 0 Å².